The van der Waals surface area contributed by atoms with Crippen LogP contribution >= 0.6 is 0 Å². The molecule has 0 bridgehead atoms. The quantitative estimate of drug-likeness (QED) is 0.710. The van der Waals surface area contributed by atoms with E-state index >= 15 is 0 Å². The van der Waals surface area contributed by atoms with Gasteiger partial charge in [-0.1, -0.05) is 35.5 Å². The lowest BCUT2D eigenvalue weighted by atomic mass is 9.92. The summed E-state index contributed by atoms with van der Waals surface area (Å²) in [5.41, 5.74) is 5.54. The number of rotatable bonds is 6. The molecule has 0 saturated heterocycles. The van der Waals surface area contributed by atoms with E-state index in [-0.39, 0.29) is 11.9 Å². The molecule has 0 spiro atoms. The number of nitrogens with zero attached hydrogens (tertiary/aromatic N) is 3. The Labute approximate surface area is 164 Å². The first-order chi connectivity index (χ1) is 13.6. The van der Waals surface area contributed by atoms with E-state index in [9.17, 15) is 4.79 Å². The van der Waals surface area contributed by atoms with E-state index in [1.165, 1.54) is 11.3 Å². The highest BCUT2D eigenvalue weighted by molar-refractivity contribution is 5.76. The Kier molecular flexibility index (Phi) is 5.28. The van der Waals surface area contributed by atoms with Crippen LogP contribution in [0.15, 0.2) is 41.1 Å². The molecule has 4 rings (SSSR count). The highest BCUT2D eigenvalue weighted by atomic mass is 16.5. The third kappa shape index (κ3) is 3.86. The van der Waals surface area contributed by atoms with Crippen LogP contribution in [0.2, 0.25) is 0 Å². The third-order valence-corrected chi connectivity index (χ3v) is 5.56. The number of nitrogens with one attached hydrogen (secondary N) is 1. The molecule has 3 aromatic rings. The van der Waals surface area contributed by atoms with Gasteiger partial charge in [0.2, 0.25) is 5.91 Å². The van der Waals surface area contributed by atoms with Crippen molar-refractivity contribution in [3.63, 3.8) is 0 Å². The second-order valence-electron chi connectivity index (χ2n) is 7.50. The van der Waals surface area contributed by atoms with Crippen LogP contribution in [0.1, 0.15) is 59.1 Å². The van der Waals surface area contributed by atoms with Gasteiger partial charge in [-0.15, -0.1) is 0 Å². The normalized spacial score (nSPS) is 16.0. The van der Waals surface area contributed by atoms with E-state index < -0.39 is 0 Å². The molecule has 0 fully saturated rings. The van der Waals surface area contributed by atoms with Gasteiger partial charge in [0, 0.05) is 23.2 Å². The number of hydrogen-bond donors (Lipinski definition) is 1. The first kappa shape index (κ1) is 18.5. The van der Waals surface area contributed by atoms with Crippen LogP contribution < -0.4 is 5.32 Å². The second kappa shape index (κ2) is 8.00. The standard InChI is InChI=1S/C22H26N4O2/c1-15-18(16(2)28-25-15)11-12-22(27)24-20-9-6-10-21-19(20)13-23-26(21)14-17-7-4-3-5-8-17/h3-5,7-8,13,20H,6,9-12,14H2,1-2H3,(H,24,27)/t20-/m0/s1. The Balaban J connectivity index is 1.41. The molecule has 0 unspecified atom stereocenters. The maximum Gasteiger partial charge on any atom is 0.220 e. The summed E-state index contributed by atoms with van der Waals surface area (Å²) < 4.78 is 7.26. The molecule has 0 saturated carbocycles. The minimum Gasteiger partial charge on any atom is -0.361 e. The van der Waals surface area contributed by atoms with Crippen LogP contribution in [0.3, 0.4) is 0 Å². The highest BCUT2D eigenvalue weighted by Gasteiger charge is 2.25. The van der Waals surface area contributed by atoms with Gasteiger partial charge >= 0.3 is 0 Å². The molecule has 0 aliphatic heterocycles. The number of amides is 1. The molecule has 2 heterocycles. The molecule has 1 N–H and O–H groups in total. The topological polar surface area (TPSA) is 73.0 Å². The highest BCUT2D eigenvalue weighted by Crippen LogP contribution is 2.30. The van der Waals surface area contributed by atoms with E-state index in [2.05, 4.69) is 32.4 Å². The number of carbonyl (C=O) groups excluding carboxylic acids is 1. The largest absolute Gasteiger partial charge is 0.361 e. The molecular weight excluding hydrogens is 352 g/mol. The molecule has 1 amide bonds. The van der Waals surface area contributed by atoms with Gasteiger partial charge in [0.15, 0.2) is 0 Å². The van der Waals surface area contributed by atoms with Crippen molar-refractivity contribution in [2.24, 2.45) is 0 Å². The average Bonchev–Trinajstić information content (AvgIpc) is 3.25. The van der Waals surface area contributed by atoms with Crippen molar-refractivity contribution in [1.82, 2.24) is 20.3 Å². The maximum atomic E-state index is 12.5. The lowest BCUT2D eigenvalue weighted by Gasteiger charge is -2.24. The van der Waals surface area contributed by atoms with Crippen LogP contribution in [0, 0.1) is 13.8 Å². The second-order valence-corrected chi connectivity index (χ2v) is 7.50. The van der Waals surface area contributed by atoms with Gasteiger partial charge in [0.05, 0.1) is 24.5 Å². The van der Waals surface area contributed by atoms with Crippen LogP contribution in [0.25, 0.3) is 0 Å². The molecule has 0 radical (unpaired) electrons. The van der Waals surface area contributed by atoms with E-state index in [4.69, 9.17) is 4.52 Å². The number of carbonyl (C=O) groups is 1. The van der Waals surface area contributed by atoms with Crippen molar-refractivity contribution >= 4 is 5.91 Å². The fourth-order valence-electron chi connectivity index (χ4n) is 4.03. The van der Waals surface area contributed by atoms with Crippen LogP contribution in [-0.2, 0) is 24.2 Å². The van der Waals surface area contributed by atoms with Gasteiger partial charge in [0.25, 0.3) is 0 Å². The van der Waals surface area contributed by atoms with Crippen molar-refractivity contribution in [2.45, 2.75) is 58.5 Å². The Morgan fingerprint density at radius 3 is 2.86 bits per heavy atom. The van der Waals surface area contributed by atoms with Gasteiger partial charge in [0.1, 0.15) is 5.76 Å². The van der Waals surface area contributed by atoms with E-state index in [0.717, 1.165) is 48.4 Å². The van der Waals surface area contributed by atoms with Gasteiger partial charge in [-0.05, 0) is 45.1 Å². The number of fused-ring (bicyclic) bond motifs is 1. The summed E-state index contributed by atoms with van der Waals surface area (Å²) in [6.07, 6.45) is 6.04. The fraction of sp³-hybridized carbons (Fsp3) is 0.409. The number of aromatic nitrogens is 3. The zero-order valence-corrected chi connectivity index (χ0v) is 16.4. The SMILES string of the molecule is Cc1noc(C)c1CCC(=O)N[C@H]1CCCc2c1cnn2Cc1ccccc1. The number of benzene rings is 1. The minimum absolute atomic E-state index is 0.0467. The van der Waals surface area contributed by atoms with Gasteiger partial charge < -0.3 is 9.84 Å². The average molecular weight is 378 g/mol. The van der Waals surface area contributed by atoms with E-state index in [0.29, 0.717) is 12.8 Å². The van der Waals surface area contributed by atoms with Crippen LogP contribution in [-0.4, -0.2) is 20.8 Å². The number of aryl methyl sites for hydroxylation is 2. The molecule has 28 heavy (non-hydrogen) atoms. The molecule has 2 aromatic heterocycles. The summed E-state index contributed by atoms with van der Waals surface area (Å²) in [4.78, 5) is 12.5. The van der Waals surface area contributed by atoms with Crippen LogP contribution in [0.5, 0.6) is 0 Å². The summed E-state index contributed by atoms with van der Waals surface area (Å²) in [5.74, 6) is 0.862. The zero-order chi connectivity index (χ0) is 19.5. The fourth-order valence-corrected chi connectivity index (χ4v) is 4.03. The summed E-state index contributed by atoms with van der Waals surface area (Å²) in [7, 11) is 0. The van der Waals surface area contributed by atoms with Crippen molar-refractivity contribution < 1.29 is 9.32 Å². The Bertz CT molecular complexity index is 939. The predicted octanol–water partition coefficient (Wildman–Crippen LogP) is 3.66. The first-order valence-electron chi connectivity index (χ1n) is 9.91. The molecule has 1 aliphatic rings. The molecule has 1 atom stereocenters. The lowest BCUT2D eigenvalue weighted by molar-refractivity contribution is -0.121. The summed E-state index contributed by atoms with van der Waals surface area (Å²) >= 11 is 0. The maximum absolute atomic E-state index is 12.5. The van der Waals surface area contributed by atoms with Gasteiger partial charge in [-0.2, -0.15) is 5.10 Å². The molecule has 1 aromatic carbocycles. The van der Waals surface area contributed by atoms with Crippen molar-refractivity contribution in [1.29, 1.82) is 0 Å². The Hall–Kier alpha value is -2.89. The van der Waals surface area contributed by atoms with Crippen LogP contribution in [0.4, 0.5) is 0 Å². The smallest absolute Gasteiger partial charge is 0.220 e. The van der Waals surface area contributed by atoms with E-state index in [1.54, 1.807) is 0 Å². The molecule has 1 aliphatic carbocycles. The minimum atomic E-state index is 0.0467. The number of hydrogen-bond acceptors (Lipinski definition) is 4. The first-order valence-corrected chi connectivity index (χ1v) is 9.91. The van der Waals surface area contributed by atoms with Gasteiger partial charge in [-0.3, -0.25) is 9.48 Å². The lowest BCUT2D eigenvalue weighted by Crippen LogP contribution is -2.31. The van der Waals surface area contributed by atoms with Gasteiger partial charge in [-0.25, -0.2) is 0 Å². The Morgan fingerprint density at radius 1 is 1.29 bits per heavy atom. The van der Waals surface area contributed by atoms with Crippen molar-refractivity contribution in [3.8, 4) is 0 Å². The molecule has 6 heteroatoms. The predicted molar refractivity (Wildman–Crippen MR) is 106 cm³/mol. The molecule has 146 valence electrons. The summed E-state index contributed by atoms with van der Waals surface area (Å²) in [6.45, 7) is 4.57. The molecule has 6 nitrogen and oxygen atoms in total. The Morgan fingerprint density at radius 2 is 2.11 bits per heavy atom. The van der Waals surface area contributed by atoms with Crippen molar-refractivity contribution in [3.05, 3.63) is 70.4 Å². The van der Waals surface area contributed by atoms with Crippen molar-refractivity contribution in [2.75, 3.05) is 0 Å². The monoisotopic (exact) mass is 378 g/mol. The zero-order valence-electron chi connectivity index (χ0n) is 16.4. The summed E-state index contributed by atoms with van der Waals surface area (Å²) in [6, 6.07) is 10.4. The third-order valence-electron chi connectivity index (χ3n) is 5.56. The van der Waals surface area contributed by atoms with E-state index in [1.807, 2.05) is 38.2 Å². The summed E-state index contributed by atoms with van der Waals surface area (Å²) in [5, 5.41) is 11.8. The molecular formula is C22H26N4O2.